The highest BCUT2D eigenvalue weighted by Crippen LogP contribution is 2.25. The number of fused-ring (bicyclic) bond motifs is 1. The molecule has 210 valence electrons. The van der Waals surface area contributed by atoms with Crippen molar-refractivity contribution in [1.29, 1.82) is 0 Å². The number of carboxylic acid groups (broad SMARTS) is 1. The number of methoxy groups -OCH3 is 1. The number of aromatic carboxylic acids is 1. The van der Waals surface area contributed by atoms with Crippen LogP contribution in [0.1, 0.15) is 28.7 Å². The fourth-order valence-electron chi connectivity index (χ4n) is 5.01. The van der Waals surface area contributed by atoms with Crippen LogP contribution in [0.3, 0.4) is 0 Å². The Bertz CT molecular complexity index is 1510. The number of anilines is 1. The van der Waals surface area contributed by atoms with Gasteiger partial charge in [0, 0.05) is 56.0 Å². The zero-order valence-corrected chi connectivity index (χ0v) is 23.1. The first kappa shape index (κ1) is 27.8. The number of carboxylic acids is 1. The fourth-order valence-corrected chi connectivity index (χ4v) is 5.17. The van der Waals surface area contributed by atoms with E-state index >= 15 is 0 Å². The highest BCUT2D eigenvalue weighted by atomic mass is 35.5. The molecule has 4 aromatic rings. The lowest BCUT2D eigenvalue weighted by atomic mass is 10.2. The molecule has 2 aromatic heterocycles. The average molecular weight is 568 g/mol. The van der Waals surface area contributed by atoms with E-state index in [2.05, 4.69) is 21.7 Å². The fraction of sp³-hybridized carbons (Fsp3) is 0.345. The van der Waals surface area contributed by atoms with Gasteiger partial charge in [0.05, 0.1) is 29.7 Å². The van der Waals surface area contributed by atoms with E-state index in [-0.39, 0.29) is 18.2 Å². The van der Waals surface area contributed by atoms with E-state index in [0.717, 1.165) is 42.3 Å². The molecule has 0 amide bonds. The number of hydrogen-bond donors (Lipinski definition) is 1. The Labute approximate surface area is 236 Å². The van der Waals surface area contributed by atoms with Gasteiger partial charge in [-0.15, -0.1) is 0 Å². The van der Waals surface area contributed by atoms with Crippen LogP contribution >= 0.6 is 11.6 Å². The second-order valence-electron chi connectivity index (χ2n) is 9.82. The van der Waals surface area contributed by atoms with Gasteiger partial charge in [-0.3, -0.25) is 4.90 Å². The van der Waals surface area contributed by atoms with Crippen LogP contribution in [0.5, 0.6) is 5.88 Å². The minimum atomic E-state index is -0.965. The summed E-state index contributed by atoms with van der Waals surface area (Å²) in [6, 6.07) is 15.3. The molecule has 0 unspecified atom stereocenters. The first-order chi connectivity index (χ1) is 19.3. The summed E-state index contributed by atoms with van der Waals surface area (Å²) in [5, 5.41) is 9.79. The van der Waals surface area contributed by atoms with Crippen molar-refractivity contribution in [3.05, 3.63) is 82.4 Å². The molecule has 0 spiro atoms. The third-order valence-corrected chi connectivity index (χ3v) is 7.30. The molecule has 0 saturated carbocycles. The van der Waals surface area contributed by atoms with E-state index in [9.17, 15) is 14.3 Å². The van der Waals surface area contributed by atoms with Crippen LogP contribution in [0, 0.1) is 5.82 Å². The number of imidazole rings is 1. The monoisotopic (exact) mass is 567 g/mol. The molecule has 1 fully saturated rings. The van der Waals surface area contributed by atoms with Crippen molar-refractivity contribution in [2.45, 2.75) is 32.7 Å². The summed E-state index contributed by atoms with van der Waals surface area (Å²) in [4.78, 5) is 25.6. The van der Waals surface area contributed by atoms with Gasteiger partial charge in [0.25, 0.3) is 0 Å². The van der Waals surface area contributed by atoms with E-state index < -0.39 is 11.8 Å². The molecular formula is C29H31ClFN5O4. The SMILES string of the molecule is COCCn1c(CN2CCN(c3cccc(OCc4ccc(Cl)cc4F)n3)[C@@H](C)C2)nc2ccc(C(=O)O)cc21. The number of piperazine rings is 1. The number of benzene rings is 2. The van der Waals surface area contributed by atoms with Crippen LogP contribution < -0.4 is 9.64 Å². The molecule has 1 atom stereocenters. The summed E-state index contributed by atoms with van der Waals surface area (Å²) in [7, 11) is 1.65. The molecule has 2 aromatic carbocycles. The molecule has 0 radical (unpaired) electrons. The standard InChI is InChI=1S/C29H31ClFN5O4/c1-19-16-34(17-27-32-24-9-7-20(29(37)38)14-25(24)36(27)12-13-39-2)10-11-35(19)26-4-3-5-28(33-26)40-18-21-6-8-22(30)15-23(21)31/h3-9,14-15,19H,10-13,16-18H2,1-2H3,(H,37,38)/t19-/m0/s1. The molecule has 1 N–H and O–H groups in total. The maximum absolute atomic E-state index is 14.1. The number of rotatable bonds is 10. The van der Waals surface area contributed by atoms with Gasteiger partial charge in [0.15, 0.2) is 0 Å². The molecule has 11 heteroatoms. The van der Waals surface area contributed by atoms with Gasteiger partial charge < -0.3 is 24.0 Å². The zero-order chi connectivity index (χ0) is 28.2. The lowest BCUT2D eigenvalue weighted by Crippen LogP contribution is -2.52. The van der Waals surface area contributed by atoms with E-state index in [4.69, 9.17) is 26.1 Å². The lowest BCUT2D eigenvalue weighted by Gasteiger charge is -2.40. The third-order valence-electron chi connectivity index (χ3n) is 7.06. The van der Waals surface area contributed by atoms with Gasteiger partial charge in [-0.2, -0.15) is 4.98 Å². The predicted molar refractivity (Wildman–Crippen MR) is 151 cm³/mol. The first-order valence-electron chi connectivity index (χ1n) is 13.1. The summed E-state index contributed by atoms with van der Waals surface area (Å²) in [5.41, 5.74) is 2.20. The Hall–Kier alpha value is -3.73. The maximum atomic E-state index is 14.1. The second kappa shape index (κ2) is 12.2. The number of nitrogens with zero attached hydrogens (tertiary/aromatic N) is 5. The van der Waals surface area contributed by atoms with Crippen LogP contribution in [0.25, 0.3) is 11.0 Å². The number of ether oxygens (including phenoxy) is 2. The topological polar surface area (TPSA) is 93.0 Å². The smallest absolute Gasteiger partial charge is 0.335 e. The van der Waals surface area contributed by atoms with Crippen molar-refractivity contribution in [3.63, 3.8) is 0 Å². The summed E-state index contributed by atoms with van der Waals surface area (Å²) in [6.45, 7) is 6.25. The molecular weight excluding hydrogens is 537 g/mol. The summed E-state index contributed by atoms with van der Waals surface area (Å²) < 4.78 is 27.3. The number of halogens is 2. The molecule has 40 heavy (non-hydrogen) atoms. The molecule has 9 nitrogen and oxygen atoms in total. The Morgan fingerprint density at radius 3 is 2.75 bits per heavy atom. The quantitative estimate of drug-likeness (QED) is 0.290. The van der Waals surface area contributed by atoms with Crippen molar-refractivity contribution in [1.82, 2.24) is 19.4 Å². The van der Waals surface area contributed by atoms with Crippen molar-refractivity contribution in [2.24, 2.45) is 0 Å². The Balaban J connectivity index is 1.26. The summed E-state index contributed by atoms with van der Waals surface area (Å²) >= 11 is 5.84. The highest BCUT2D eigenvalue weighted by molar-refractivity contribution is 6.30. The number of carbonyl (C=O) groups is 1. The zero-order valence-electron chi connectivity index (χ0n) is 22.4. The minimum Gasteiger partial charge on any atom is -0.478 e. The largest absolute Gasteiger partial charge is 0.478 e. The van der Waals surface area contributed by atoms with Crippen LogP contribution in [0.2, 0.25) is 5.02 Å². The van der Waals surface area contributed by atoms with Gasteiger partial charge in [0.1, 0.15) is 24.1 Å². The van der Waals surface area contributed by atoms with Crippen molar-refractivity contribution < 1.29 is 23.8 Å². The van der Waals surface area contributed by atoms with Gasteiger partial charge in [-0.05, 0) is 43.3 Å². The summed E-state index contributed by atoms with van der Waals surface area (Å²) in [5.74, 6) is 0.724. The van der Waals surface area contributed by atoms with E-state index in [0.29, 0.717) is 36.2 Å². The van der Waals surface area contributed by atoms with Crippen LogP contribution in [0.4, 0.5) is 10.2 Å². The maximum Gasteiger partial charge on any atom is 0.335 e. The van der Waals surface area contributed by atoms with E-state index in [1.54, 1.807) is 43.5 Å². The van der Waals surface area contributed by atoms with Crippen molar-refractivity contribution in [2.75, 3.05) is 38.3 Å². The van der Waals surface area contributed by atoms with Gasteiger partial charge >= 0.3 is 5.97 Å². The molecule has 3 heterocycles. The van der Waals surface area contributed by atoms with Crippen molar-refractivity contribution >= 4 is 34.4 Å². The van der Waals surface area contributed by atoms with Gasteiger partial charge in [0.2, 0.25) is 5.88 Å². The molecule has 1 saturated heterocycles. The molecule has 0 aliphatic carbocycles. The van der Waals surface area contributed by atoms with Crippen molar-refractivity contribution in [3.8, 4) is 5.88 Å². The molecule has 1 aliphatic rings. The van der Waals surface area contributed by atoms with Gasteiger partial charge in [-0.1, -0.05) is 23.7 Å². The minimum absolute atomic E-state index is 0.0564. The predicted octanol–water partition coefficient (Wildman–Crippen LogP) is 4.86. The molecule has 1 aliphatic heterocycles. The molecule has 5 rings (SSSR count). The average Bonchev–Trinajstić information content (AvgIpc) is 3.27. The Morgan fingerprint density at radius 1 is 1.15 bits per heavy atom. The van der Waals surface area contributed by atoms with E-state index in [1.807, 2.05) is 16.7 Å². The highest BCUT2D eigenvalue weighted by Gasteiger charge is 2.26. The van der Waals surface area contributed by atoms with Crippen LogP contribution in [-0.2, 0) is 24.4 Å². The lowest BCUT2D eigenvalue weighted by molar-refractivity contribution is 0.0697. The first-order valence-corrected chi connectivity index (χ1v) is 13.4. The normalized spacial score (nSPS) is 16.0. The summed E-state index contributed by atoms with van der Waals surface area (Å²) in [6.07, 6.45) is 0. The Morgan fingerprint density at radius 2 is 2.00 bits per heavy atom. The number of aromatic nitrogens is 3. The van der Waals surface area contributed by atoms with Gasteiger partial charge in [-0.25, -0.2) is 14.2 Å². The second-order valence-corrected chi connectivity index (χ2v) is 10.3. The Kier molecular flexibility index (Phi) is 8.49. The van der Waals surface area contributed by atoms with E-state index in [1.165, 1.54) is 6.07 Å². The van der Waals surface area contributed by atoms with Crippen LogP contribution in [-0.4, -0.2) is 69.9 Å². The van der Waals surface area contributed by atoms with Crippen LogP contribution in [0.15, 0.2) is 54.6 Å². The number of hydrogen-bond acceptors (Lipinski definition) is 7. The molecule has 0 bridgehead atoms. The third kappa shape index (κ3) is 6.19. The number of pyridine rings is 1.